The molecule has 0 unspecified atom stereocenters. The maximum Gasteiger partial charge on any atom is 0.227 e. The second-order valence-corrected chi connectivity index (χ2v) is 6.66. The molecule has 1 atom stereocenters. The number of amides is 2. The Labute approximate surface area is 198 Å². The van der Waals surface area contributed by atoms with Gasteiger partial charge in [0.2, 0.25) is 18.3 Å². The van der Waals surface area contributed by atoms with Crippen LogP contribution in [0.1, 0.15) is 77.8 Å². The largest absolute Gasteiger partial charge is 0.449 e. The van der Waals surface area contributed by atoms with Crippen LogP contribution in [0.2, 0.25) is 0 Å². The third kappa shape index (κ3) is 14.8. The fourth-order valence-electron chi connectivity index (χ4n) is 1.96. The van der Waals surface area contributed by atoms with Gasteiger partial charge in [-0.05, 0) is 25.6 Å². The summed E-state index contributed by atoms with van der Waals surface area (Å²) in [5.74, 6) is -1.26. The molecule has 3 N–H and O–H groups in total. The lowest BCUT2D eigenvalue weighted by Crippen LogP contribution is -2.20. The van der Waals surface area contributed by atoms with Crippen molar-refractivity contribution < 1.29 is 23.2 Å². The number of aromatic nitrogens is 1. The van der Waals surface area contributed by atoms with Gasteiger partial charge in [0, 0.05) is 20.0 Å². The summed E-state index contributed by atoms with van der Waals surface area (Å²) in [6, 6.07) is 2.49. The number of fused-ring (bicyclic) bond motifs is 1. The first-order chi connectivity index (χ1) is 15.7. The van der Waals surface area contributed by atoms with Crippen molar-refractivity contribution in [3.63, 3.8) is 0 Å². The number of nitrogens with two attached hydrogens (primary N) is 1. The zero-order chi connectivity index (χ0) is 26.4. The van der Waals surface area contributed by atoms with Crippen LogP contribution in [0.4, 0.5) is 10.1 Å². The predicted molar refractivity (Wildman–Crippen MR) is 134 cm³/mol. The Morgan fingerprint density at radius 3 is 2.06 bits per heavy atom. The summed E-state index contributed by atoms with van der Waals surface area (Å²) in [6.07, 6.45) is 5.94. The number of furan rings is 1. The molecular formula is C24H43FN4O4. The van der Waals surface area contributed by atoms with E-state index in [0.29, 0.717) is 12.7 Å². The van der Waals surface area contributed by atoms with Gasteiger partial charge in [0.25, 0.3) is 0 Å². The zero-order valence-electron chi connectivity index (χ0n) is 21.7. The SMILES string of the molecule is CC.CCCCC.CC[C@H](C)C(=O)Nc1c(C=O)oc2ccc(F)nc12.CN.CN(C)C=O. The molecule has 0 saturated heterocycles. The summed E-state index contributed by atoms with van der Waals surface area (Å²) in [5.41, 5.74) is 5.01. The van der Waals surface area contributed by atoms with Gasteiger partial charge in [-0.1, -0.05) is 60.8 Å². The smallest absolute Gasteiger partial charge is 0.227 e. The predicted octanol–water partition coefficient (Wildman–Crippen LogP) is 5.27. The van der Waals surface area contributed by atoms with E-state index in [-0.39, 0.29) is 34.4 Å². The third-order valence-corrected chi connectivity index (χ3v) is 3.86. The van der Waals surface area contributed by atoms with Crippen molar-refractivity contribution in [3.8, 4) is 0 Å². The number of hydrogen-bond acceptors (Lipinski definition) is 6. The standard InChI is InChI=1S/C13H13FN2O3.C5H12.C3H7NO.C2H6.CH5N/c1-3-7(2)13(18)16-12-9(6-17)19-8-4-5-10(14)15-11(8)12;1-3-5-4-2;1-4(2)3-5;2*1-2/h4-7H,3H2,1-2H3,(H,16,18);3-5H2,1-2H3;3H,1-2H3;1-2H3;2H2,1H3/t7-;;;;/m0..../s1. The number of hydrogen-bond donors (Lipinski definition) is 2. The highest BCUT2D eigenvalue weighted by molar-refractivity contribution is 6.05. The minimum absolute atomic E-state index is 0.0650. The number of halogens is 1. The average Bonchev–Trinajstić information content (AvgIpc) is 3.18. The molecule has 0 bridgehead atoms. The highest BCUT2D eigenvalue weighted by atomic mass is 19.1. The number of carbonyl (C=O) groups excluding carboxylic acids is 3. The summed E-state index contributed by atoms with van der Waals surface area (Å²) >= 11 is 0. The van der Waals surface area contributed by atoms with E-state index in [1.165, 1.54) is 37.3 Å². The molecule has 2 rings (SSSR count). The van der Waals surface area contributed by atoms with Crippen LogP contribution in [-0.4, -0.2) is 49.6 Å². The zero-order valence-corrected chi connectivity index (χ0v) is 21.7. The van der Waals surface area contributed by atoms with E-state index >= 15 is 0 Å². The van der Waals surface area contributed by atoms with Gasteiger partial charge in [-0.2, -0.15) is 4.39 Å². The number of nitrogens with one attached hydrogen (secondary N) is 1. The molecule has 0 fully saturated rings. The number of aldehydes is 1. The molecule has 0 aliphatic rings. The second kappa shape index (κ2) is 22.4. The summed E-state index contributed by atoms with van der Waals surface area (Å²) in [6.45, 7) is 12.1. The Bertz CT molecular complexity index is 777. The van der Waals surface area contributed by atoms with Crippen molar-refractivity contribution >= 4 is 35.4 Å². The van der Waals surface area contributed by atoms with Gasteiger partial charge in [0.05, 0.1) is 0 Å². The van der Waals surface area contributed by atoms with Gasteiger partial charge in [0.1, 0.15) is 11.2 Å². The fraction of sp³-hybridized carbons (Fsp3) is 0.583. The van der Waals surface area contributed by atoms with Crippen molar-refractivity contribution in [3.05, 3.63) is 23.8 Å². The van der Waals surface area contributed by atoms with E-state index in [4.69, 9.17) is 4.42 Å². The monoisotopic (exact) mass is 470 g/mol. The van der Waals surface area contributed by atoms with Gasteiger partial charge in [-0.15, -0.1) is 0 Å². The van der Waals surface area contributed by atoms with Crippen LogP contribution >= 0.6 is 0 Å². The van der Waals surface area contributed by atoms with Crippen molar-refractivity contribution in [2.45, 2.75) is 67.2 Å². The lowest BCUT2D eigenvalue weighted by Gasteiger charge is -2.08. The molecule has 0 aromatic carbocycles. The molecule has 2 amide bonds. The lowest BCUT2D eigenvalue weighted by molar-refractivity contribution is -0.119. The number of carbonyl (C=O) groups is 3. The number of pyridine rings is 1. The van der Waals surface area contributed by atoms with Gasteiger partial charge >= 0.3 is 0 Å². The van der Waals surface area contributed by atoms with Gasteiger partial charge in [-0.3, -0.25) is 14.4 Å². The van der Waals surface area contributed by atoms with Crippen LogP contribution in [0, 0.1) is 11.9 Å². The molecule has 9 heteroatoms. The number of unbranched alkanes of at least 4 members (excludes halogenated alkanes) is 2. The Morgan fingerprint density at radius 1 is 1.18 bits per heavy atom. The van der Waals surface area contributed by atoms with Crippen molar-refractivity contribution in [1.29, 1.82) is 0 Å². The third-order valence-electron chi connectivity index (χ3n) is 3.86. The molecule has 2 heterocycles. The molecule has 0 aliphatic carbocycles. The van der Waals surface area contributed by atoms with Crippen molar-refractivity contribution in [1.82, 2.24) is 9.88 Å². The topological polar surface area (TPSA) is 119 Å². The molecular weight excluding hydrogens is 427 g/mol. The quantitative estimate of drug-likeness (QED) is 0.420. The van der Waals surface area contributed by atoms with E-state index in [9.17, 15) is 18.8 Å². The highest BCUT2D eigenvalue weighted by Crippen LogP contribution is 2.29. The normalized spacial score (nSPS) is 9.79. The first-order valence-corrected chi connectivity index (χ1v) is 11.3. The number of rotatable bonds is 7. The van der Waals surface area contributed by atoms with Crippen LogP contribution in [0.5, 0.6) is 0 Å². The molecule has 0 aliphatic heterocycles. The minimum atomic E-state index is -0.704. The summed E-state index contributed by atoms with van der Waals surface area (Å²) in [4.78, 5) is 37.3. The van der Waals surface area contributed by atoms with E-state index in [2.05, 4.69) is 29.9 Å². The lowest BCUT2D eigenvalue weighted by atomic mass is 10.1. The minimum Gasteiger partial charge on any atom is -0.449 e. The van der Waals surface area contributed by atoms with E-state index in [0.717, 1.165) is 12.5 Å². The first-order valence-electron chi connectivity index (χ1n) is 11.3. The molecule has 0 spiro atoms. The molecule has 8 nitrogen and oxygen atoms in total. The number of anilines is 1. The van der Waals surface area contributed by atoms with Crippen molar-refractivity contribution in [2.24, 2.45) is 11.7 Å². The summed E-state index contributed by atoms with van der Waals surface area (Å²) in [5, 5.41) is 2.57. The van der Waals surface area contributed by atoms with Crippen LogP contribution in [0.15, 0.2) is 16.5 Å². The first kappa shape index (κ1) is 34.8. The molecule has 190 valence electrons. The van der Waals surface area contributed by atoms with Crippen LogP contribution in [0.25, 0.3) is 11.1 Å². The van der Waals surface area contributed by atoms with E-state index in [1.54, 1.807) is 21.0 Å². The average molecular weight is 471 g/mol. The molecule has 0 saturated carbocycles. The molecule has 2 aromatic rings. The second-order valence-electron chi connectivity index (χ2n) is 6.66. The summed E-state index contributed by atoms with van der Waals surface area (Å²) in [7, 11) is 4.88. The van der Waals surface area contributed by atoms with Gasteiger partial charge in [0.15, 0.2) is 17.6 Å². The van der Waals surface area contributed by atoms with Crippen LogP contribution in [0.3, 0.4) is 0 Å². The van der Waals surface area contributed by atoms with Crippen LogP contribution in [-0.2, 0) is 9.59 Å². The van der Waals surface area contributed by atoms with Gasteiger partial charge in [-0.25, -0.2) is 4.98 Å². The Morgan fingerprint density at radius 2 is 1.70 bits per heavy atom. The molecule has 0 radical (unpaired) electrons. The fourth-order valence-corrected chi connectivity index (χ4v) is 1.96. The molecule has 33 heavy (non-hydrogen) atoms. The van der Waals surface area contributed by atoms with Gasteiger partial charge < -0.3 is 20.4 Å². The van der Waals surface area contributed by atoms with Crippen molar-refractivity contribution in [2.75, 3.05) is 26.5 Å². The Hall–Kier alpha value is -2.81. The maximum absolute atomic E-state index is 13.1. The highest BCUT2D eigenvalue weighted by Gasteiger charge is 2.20. The van der Waals surface area contributed by atoms with Crippen LogP contribution < -0.4 is 11.1 Å². The van der Waals surface area contributed by atoms with E-state index in [1.807, 2.05) is 20.8 Å². The Kier molecular flexibility index (Phi) is 23.6. The maximum atomic E-state index is 13.1. The summed E-state index contributed by atoms with van der Waals surface area (Å²) < 4.78 is 18.3. The number of nitrogens with zero attached hydrogens (tertiary/aromatic N) is 2. The molecule has 2 aromatic heterocycles. The van der Waals surface area contributed by atoms with E-state index < -0.39 is 5.95 Å². The Balaban J connectivity index is -0.000000534.